The Balaban J connectivity index is 1.77. The zero-order valence-corrected chi connectivity index (χ0v) is 11.7. The second-order valence-corrected chi connectivity index (χ2v) is 5.09. The van der Waals surface area contributed by atoms with Crippen LogP contribution in [0.1, 0.15) is 10.4 Å². The number of hydrogen-bond acceptors (Lipinski definition) is 5. The van der Waals surface area contributed by atoms with Crippen LogP contribution in [-0.2, 0) is 0 Å². The number of nitrogens with one attached hydrogen (secondary N) is 1. The molecular formula is C15H11N3O2S. The highest BCUT2D eigenvalue weighted by Gasteiger charge is 2.07. The van der Waals surface area contributed by atoms with Gasteiger partial charge in [0.15, 0.2) is 5.82 Å². The van der Waals surface area contributed by atoms with E-state index in [9.17, 15) is 9.90 Å². The van der Waals surface area contributed by atoms with Gasteiger partial charge in [0, 0.05) is 10.9 Å². The van der Waals surface area contributed by atoms with Crippen molar-refractivity contribution in [3.63, 3.8) is 0 Å². The predicted molar refractivity (Wildman–Crippen MR) is 81.4 cm³/mol. The van der Waals surface area contributed by atoms with Crippen LogP contribution < -0.4 is 5.32 Å². The summed E-state index contributed by atoms with van der Waals surface area (Å²) in [6.45, 7) is 0. The van der Waals surface area contributed by atoms with Crippen molar-refractivity contribution >= 4 is 22.9 Å². The molecule has 1 aromatic carbocycles. The molecule has 0 aliphatic carbocycles. The Bertz CT molecular complexity index is 755. The highest BCUT2D eigenvalue weighted by atomic mass is 32.1. The Morgan fingerprint density at radius 1 is 1.19 bits per heavy atom. The molecule has 0 fully saturated rings. The molecule has 21 heavy (non-hydrogen) atoms. The largest absolute Gasteiger partial charge is 0.508 e. The summed E-state index contributed by atoms with van der Waals surface area (Å²) < 4.78 is 0. The summed E-state index contributed by atoms with van der Waals surface area (Å²) in [6, 6.07) is 8.44. The molecule has 0 radical (unpaired) electrons. The molecule has 0 saturated carbocycles. The molecule has 0 spiro atoms. The number of aromatic hydroxyl groups is 1. The fourth-order valence-corrected chi connectivity index (χ4v) is 2.42. The van der Waals surface area contributed by atoms with Gasteiger partial charge in [-0.2, -0.15) is 11.3 Å². The summed E-state index contributed by atoms with van der Waals surface area (Å²) >= 11 is 1.46. The van der Waals surface area contributed by atoms with Crippen molar-refractivity contribution in [3.8, 4) is 17.1 Å². The number of thiophene rings is 1. The first-order valence-electron chi connectivity index (χ1n) is 6.17. The lowest BCUT2D eigenvalue weighted by atomic mass is 10.2. The van der Waals surface area contributed by atoms with Crippen LogP contribution in [0.3, 0.4) is 0 Å². The zero-order valence-electron chi connectivity index (χ0n) is 10.9. The third-order valence-corrected chi connectivity index (χ3v) is 3.48. The van der Waals surface area contributed by atoms with Crippen LogP contribution in [0.2, 0.25) is 0 Å². The molecule has 2 aromatic heterocycles. The number of hydrogen-bond donors (Lipinski definition) is 2. The van der Waals surface area contributed by atoms with Gasteiger partial charge in [-0.3, -0.25) is 4.79 Å². The van der Waals surface area contributed by atoms with Gasteiger partial charge < -0.3 is 10.4 Å². The number of benzene rings is 1. The highest BCUT2D eigenvalue weighted by molar-refractivity contribution is 7.08. The molecule has 1 amide bonds. The van der Waals surface area contributed by atoms with E-state index in [2.05, 4.69) is 15.3 Å². The molecule has 0 aliphatic rings. The summed E-state index contributed by atoms with van der Waals surface area (Å²) in [5.41, 5.74) is 1.85. The van der Waals surface area contributed by atoms with Crippen molar-refractivity contribution in [2.24, 2.45) is 0 Å². The quantitative estimate of drug-likeness (QED) is 0.778. The zero-order chi connectivity index (χ0) is 14.7. The number of phenolic OH excluding ortho intramolecular Hbond substituents is 1. The fraction of sp³-hybridized carbons (Fsp3) is 0. The number of nitrogens with zero attached hydrogens (tertiary/aromatic N) is 2. The first-order chi connectivity index (χ1) is 10.2. The first kappa shape index (κ1) is 13.3. The van der Waals surface area contributed by atoms with Crippen LogP contribution in [0.15, 0.2) is 53.5 Å². The first-order valence-corrected chi connectivity index (χ1v) is 7.11. The van der Waals surface area contributed by atoms with Crippen molar-refractivity contribution in [2.75, 3.05) is 5.32 Å². The van der Waals surface area contributed by atoms with Crippen molar-refractivity contribution in [1.29, 1.82) is 0 Å². The van der Waals surface area contributed by atoms with Gasteiger partial charge in [0.1, 0.15) is 5.75 Å². The lowest BCUT2D eigenvalue weighted by molar-refractivity contribution is 0.102. The number of aromatic nitrogens is 2. The van der Waals surface area contributed by atoms with Gasteiger partial charge in [-0.05, 0) is 23.6 Å². The highest BCUT2D eigenvalue weighted by Crippen LogP contribution is 2.20. The maximum atomic E-state index is 11.9. The average Bonchev–Trinajstić information content (AvgIpc) is 3.02. The van der Waals surface area contributed by atoms with Crippen molar-refractivity contribution < 1.29 is 9.90 Å². The van der Waals surface area contributed by atoms with Gasteiger partial charge in [-0.25, -0.2) is 9.97 Å². The second-order valence-electron chi connectivity index (χ2n) is 4.31. The molecule has 0 unspecified atom stereocenters. The molecule has 6 heteroatoms. The summed E-state index contributed by atoms with van der Waals surface area (Å²) in [7, 11) is 0. The topological polar surface area (TPSA) is 75.1 Å². The van der Waals surface area contributed by atoms with Crippen molar-refractivity contribution in [2.45, 2.75) is 0 Å². The maximum Gasteiger partial charge on any atom is 0.256 e. The summed E-state index contributed by atoms with van der Waals surface area (Å²) in [5, 5.41) is 15.8. The number of carbonyl (C=O) groups is 1. The summed E-state index contributed by atoms with van der Waals surface area (Å²) in [5.74, 6) is 0.454. The smallest absolute Gasteiger partial charge is 0.256 e. The van der Waals surface area contributed by atoms with Crippen LogP contribution in [0.4, 0.5) is 5.69 Å². The SMILES string of the molecule is O=C(Nc1cnc(-c2cccc(O)c2)nc1)c1ccsc1. The number of phenols is 1. The average molecular weight is 297 g/mol. The number of anilines is 1. The Kier molecular flexibility index (Phi) is 3.61. The van der Waals surface area contributed by atoms with E-state index >= 15 is 0 Å². The van der Waals surface area contributed by atoms with Gasteiger partial charge in [-0.1, -0.05) is 12.1 Å². The number of carbonyl (C=O) groups excluding carboxylic acids is 1. The molecule has 2 heterocycles. The molecule has 3 rings (SSSR count). The van der Waals surface area contributed by atoms with Crippen LogP contribution in [0.25, 0.3) is 11.4 Å². The monoisotopic (exact) mass is 297 g/mol. The van der Waals surface area contributed by atoms with Gasteiger partial charge in [0.2, 0.25) is 0 Å². The van der Waals surface area contributed by atoms with Crippen LogP contribution >= 0.6 is 11.3 Å². The minimum atomic E-state index is -0.190. The fourth-order valence-electron chi connectivity index (χ4n) is 1.78. The number of rotatable bonds is 3. The van der Waals surface area contributed by atoms with E-state index in [-0.39, 0.29) is 11.7 Å². The van der Waals surface area contributed by atoms with Crippen LogP contribution in [-0.4, -0.2) is 21.0 Å². The van der Waals surface area contributed by atoms with E-state index in [1.54, 1.807) is 35.7 Å². The van der Waals surface area contributed by atoms with Crippen molar-refractivity contribution in [1.82, 2.24) is 9.97 Å². The van der Waals surface area contributed by atoms with Gasteiger partial charge in [0.05, 0.1) is 23.6 Å². The van der Waals surface area contributed by atoms with Gasteiger partial charge >= 0.3 is 0 Å². The van der Waals surface area contributed by atoms with Crippen LogP contribution in [0.5, 0.6) is 5.75 Å². The van der Waals surface area contributed by atoms with E-state index in [1.807, 2.05) is 5.38 Å². The van der Waals surface area contributed by atoms with Crippen molar-refractivity contribution in [3.05, 3.63) is 59.0 Å². The lowest BCUT2D eigenvalue weighted by Gasteiger charge is -2.04. The third-order valence-electron chi connectivity index (χ3n) is 2.80. The van der Waals surface area contributed by atoms with E-state index in [1.165, 1.54) is 23.7 Å². The Morgan fingerprint density at radius 3 is 2.67 bits per heavy atom. The third kappa shape index (κ3) is 3.06. The molecule has 3 aromatic rings. The standard InChI is InChI=1S/C15H11N3O2S/c19-13-3-1-2-10(6-13)14-16-7-12(8-17-14)18-15(20)11-4-5-21-9-11/h1-9,19H,(H,18,20). The normalized spacial score (nSPS) is 10.3. The summed E-state index contributed by atoms with van der Waals surface area (Å²) in [4.78, 5) is 20.3. The Hall–Kier alpha value is -2.73. The molecule has 104 valence electrons. The van der Waals surface area contributed by atoms with Gasteiger partial charge in [-0.15, -0.1) is 0 Å². The van der Waals surface area contributed by atoms with E-state index < -0.39 is 0 Å². The number of amides is 1. The molecule has 5 nitrogen and oxygen atoms in total. The lowest BCUT2D eigenvalue weighted by Crippen LogP contribution is -2.11. The van der Waals surface area contributed by atoms with E-state index in [0.717, 1.165) is 0 Å². The van der Waals surface area contributed by atoms with Gasteiger partial charge in [0.25, 0.3) is 5.91 Å². The van der Waals surface area contributed by atoms with E-state index in [0.29, 0.717) is 22.6 Å². The Morgan fingerprint density at radius 2 is 2.00 bits per heavy atom. The molecule has 0 atom stereocenters. The second kappa shape index (κ2) is 5.72. The molecule has 0 aliphatic heterocycles. The molecular weight excluding hydrogens is 286 g/mol. The van der Waals surface area contributed by atoms with Crippen LogP contribution in [0, 0.1) is 0 Å². The predicted octanol–water partition coefficient (Wildman–Crippen LogP) is 3.16. The molecule has 0 saturated heterocycles. The van der Waals surface area contributed by atoms with E-state index in [4.69, 9.17) is 0 Å². The molecule has 0 bridgehead atoms. The minimum absolute atomic E-state index is 0.158. The maximum absolute atomic E-state index is 11.9. The molecule has 2 N–H and O–H groups in total. The summed E-state index contributed by atoms with van der Waals surface area (Å²) in [6.07, 6.45) is 3.08. The minimum Gasteiger partial charge on any atom is -0.508 e. The Labute approximate surface area is 124 Å².